The Labute approximate surface area is 204 Å². The van der Waals surface area contributed by atoms with Gasteiger partial charge in [0.2, 0.25) is 5.91 Å². The van der Waals surface area contributed by atoms with Gasteiger partial charge in [-0.05, 0) is 56.4 Å². The molecule has 3 rings (SSSR count). The third-order valence-electron chi connectivity index (χ3n) is 5.71. The number of piperazine rings is 1. The monoisotopic (exact) mass is 516 g/mol. The maximum absolute atomic E-state index is 13.6. The summed E-state index contributed by atoms with van der Waals surface area (Å²) in [6.07, 6.45) is -1.04. The molecular formula is C26H33BrN2O4. The number of aliphatic hydroxyl groups is 1. The first-order valence-corrected chi connectivity index (χ1v) is 12.1. The van der Waals surface area contributed by atoms with Gasteiger partial charge in [-0.15, -0.1) is 0 Å². The summed E-state index contributed by atoms with van der Waals surface area (Å²) in [6.45, 7) is 8.40. The number of carbonyl (C=O) groups excluding carboxylic acids is 2. The van der Waals surface area contributed by atoms with Crippen LogP contribution in [0.4, 0.5) is 4.79 Å². The van der Waals surface area contributed by atoms with Crippen LogP contribution in [0.3, 0.4) is 0 Å². The molecule has 0 spiro atoms. The highest BCUT2D eigenvalue weighted by atomic mass is 79.9. The summed E-state index contributed by atoms with van der Waals surface area (Å²) in [5.74, 6) is -0.514. The predicted molar refractivity (Wildman–Crippen MR) is 132 cm³/mol. The minimum absolute atomic E-state index is 0.255. The van der Waals surface area contributed by atoms with Crippen molar-refractivity contribution in [1.29, 1.82) is 0 Å². The summed E-state index contributed by atoms with van der Waals surface area (Å²) in [5, 5.41) is 11.3. The molecule has 3 atom stereocenters. The Morgan fingerprint density at radius 3 is 2.42 bits per heavy atom. The molecule has 2 amide bonds. The van der Waals surface area contributed by atoms with Crippen LogP contribution in [-0.4, -0.2) is 57.7 Å². The highest BCUT2D eigenvalue weighted by molar-refractivity contribution is 9.10. The van der Waals surface area contributed by atoms with Gasteiger partial charge in [0, 0.05) is 24.1 Å². The van der Waals surface area contributed by atoms with Crippen molar-refractivity contribution in [2.75, 3.05) is 13.1 Å². The molecule has 0 aromatic heterocycles. The number of aliphatic hydroxyl groups excluding tert-OH is 1. The van der Waals surface area contributed by atoms with Crippen LogP contribution in [0.25, 0.3) is 0 Å². The maximum atomic E-state index is 13.6. The fraction of sp³-hybridized carbons (Fsp3) is 0.462. The van der Waals surface area contributed by atoms with Gasteiger partial charge in [0.25, 0.3) is 0 Å². The fourth-order valence-corrected chi connectivity index (χ4v) is 4.53. The van der Waals surface area contributed by atoms with Crippen LogP contribution in [-0.2, 0) is 22.5 Å². The van der Waals surface area contributed by atoms with E-state index < -0.39 is 23.8 Å². The summed E-state index contributed by atoms with van der Waals surface area (Å²) < 4.78 is 6.53. The molecule has 2 aromatic carbocycles. The Balaban J connectivity index is 1.83. The van der Waals surface area contributed by atoms with Gasteiger partial charge in [-0.3, -0.25) is 9.69 Å². The average Bonchev–Trinajstić information content (AvgIpc) is 2.74. The van der Waals surface area contributed by atoms with E-state index in [1.807, 2.05) is 61.5 Å². The first kappa shape index (κ1) is 25.2. The SMILES string of the molecule is C[C@@H](Cc1cccc(Br)c1)[C@H](O)[C@H]1C(=O)N(Cc2ccccc2)CCN1C(=O)OC(C)(C)C. The van der Waals surface area contributed by atoms with Gasteiger partial charge in [0.1, 0.15) is 11.6 Å². The summed E-state index contributed by atoms with van der Waals surface area (Å²) in [4.78, 5) is 29.7. The van der Waals surface area contributed by atoms with E-state index in [1.54, 1.807) is 25.7 Å². The van der Waals surface area contributed by atoms with E-state index >= 15 is 0 Å². The van der Waals surface area contributed by atoms with E-state index in [4.69, 9.17) is 4.74 Å². The van der Waals surface area contributed by atoms with Crippen LogP contribution in [0.1, 0.15) is 38.8 Å². The zero-order valence-corrected chi connectivity index (χ0v) is 21.3. The largest absolute Gasteiger partial charge is 0.444 e. The summed E-state index contributed by atoms with van der Waals surface area (Å²) in [7, 11) is 0. The summed E-state index contributed by atoms with van der Waals surface area (Å²) in [5.41, 5.74) is 1.36. The molecule has 1 fully saturated rings. The van der Waals surface area contributed by atoms with Gasteiger partial charge in [0.15, 0.2) is 0 Å². The Morgan fingerprint density at radius 1 is 1.12 bits per heavy atom. The Hall–Kier alpha value is -2.38. The zero-order valence-electron chi connectivity index (χ0n) is 19.7. The molecule has 1 aliphatic rings. The van der Waals surface area contributed by atoms with Crippen LogP contribution in [0.15, 0.2) is 59.1 Å². The van der Waals surface area contributed by atoms with Crippen molar-refractivity contribution in [3.8, 4) is 0 Å². The van der Waals surface area contributed by atoms with Gasteiger partial charge in [-0.1, -0.05) is 65.3 Å². The molecular weight excluding hydrogens is 484 g/mol. The van der Waals surface area contributed by atoms with Gasteiger partial charge in [-0.25, -0.2) is 4.79 Å². The molecule has 0 aliphatic carbocycles. The Kier molecular flexibility index (Phi) is 8.19. The third kappa shape index (κ3) is 6.81. The van der Waals surface area contributed by atoms with Crippen molar-refractivity contribution in [2.24, 2.45) is 5.92 Å². The highest BCUT2D eigenvalue weighted by Crippen LogP contribution is 2.26. The number of carbonyl (C=O) groups is 2. The molecule has 6 nitrogen and oxygen atoms in total. The second-order valence-corrected chi connectivity index (χ2v) is 10.6. The zero-order chi connectivity index (χ0) is 24.2. The van der Waals surface area contributed by atoms with Crippen molar-refractivity contribution in [2.45, 2.75) is 58.4 Å². The molecule has 1 heterocycles. The molecule has 2 aromatic rings. The van der Waals surface area contributed by atoms with Crippen molar-refractivity contribution in [3.63, 3.8) is 0 Å². The number of halogens is 1. The van der Waals surface area contributed by atoms with Crippen LogP contribution >= 0.6 is 15.9 Å². The number of benzene rings is 2. The number of amides is 2. The highest BCUT2D eigenvalue weighted by Gasteiger charge is 2.44. The maximum Gasteiger partial charge on any atom is 0.411 e. The normalized spacial score (nSPS) is 18.7. The van der Waals surface area contributed by atoms with Gasteiger partial charge in [-0.2, -0.15) is 0 Å². The summed E-state index contributed by atoms with van der Waals surface area (Å²) in [6, 6.07) is 16.6. The topological polar surface area (TPSA) is 70.1 Å². The van der Waals surface area contributed by atoms with Crippen molar-refractivity contribution in [3.05, 3.63) is 70.2 Å². The second kappa shape index (κ2) is 10.7. The molecule has 1 saturated heterocycles. The van der Waals surface area contributed by atoms with Crippen molar-refractivity contribution >= 4 is 27.9 Å². The standard InChI is InChI=1S/C26H33BrN2O4/c1-18(15-20-11-8-12-21(27)16-20)23(30)22-24(31)28(17-19-9-6-5-7-10-19)13-14-29(22)25(32)33-26(2,3)4/h5-12,16,18,22-23,30H,13-15,17H2,1-4H3/t18-,22-,23-/m0/s1. The van der Waals surface area contributed by atoms with E-state index in [0.29, 0.717) is 26.1 Å². The Morgan fingerprint density at radius 2 is 1.79 bits per heavy atom. The number of hydrogen-bond donors (Lipinski definition) is 1. The minimum Gasteiger partial charge on any atom is -0.444 e. The van der Waals surface area contributed by atoms with E-state index in [1.165, 1.54) is 4.90 Å². The van der Waals surface area contributed by atoms with E-state index in [0.717, 1.165) is 15.6 Å². The molecule has 0 bridgehead atoms. The average molecular weight is 517 g/mol. The van der Waals surface area contributed by atoms with Crippen molar-refractivity contribution < 1.29 is 19.4 Å². The van der Waals surface area contributed by atoms with Crippen LogP contribution in [0, 0.1) is 5.92 Å². The van der Waals surface area contributed by atoms with Gasteiger partial charge >= 0.3 is 6.09 Å². The van der Waals surface area contributed by atoms with Crippen molar-refractivity contribution in [1.82, 2.24) is 9.80 Å². The number of hydrogen-bond acceptors (Lipinski definition) is 4. The minimum atomic E-state index is -1.04. The first-order chi connectivity index (χ1) is 15.5. The molecule has 33 heavy (non-hydrogen) atoms. The molecule has 0 radical (unpaired) electrons. The van der Waals surface area contributed by atoms with Crippen LogP contribution in [0.2, 0.25) is 0 Å². The van der Waals surface area contributed by atoms with Gasteiger partial charge in [0.05, 0.1) is 6.10 Å². The van der Waals surface area contributed by atoms with E-state index in [2.05, 4.69) is 15.9 Å². The third-order valence-corrected chi connectivity index (χ3v) is 6.20. The number of nitrogens with zero attached hydrogens (tertiary/aromatic N) is 2. The molecule has 1 N–H and O–H groups in total. The lowest BCUT2D eigenvalue weighted by Crippen LogP contribution is -2.64. The molecule has 0 unspecified atom stereocenters. The lowest BCUT2D eigenvalue weighted by Gasteiger charge is -2.43. The molecule has 178 valence electrons. The van der Waals surface area contributed by atoms with Crippen LogP contribution in [0.5, 0.6) is 0 Å². The number of ether oxygens (including phenoxy) is 1. The van der Waals surface area contributed by atoms with E-state index in [-0.39, 0.29) is 11.8 Å². The lowest BCUT2D eigenvalue weighted by atomic mass is 9.89. The molecule has 0 saturated carbocycles. The quantitative estimate of drug-likeness (QED) is 0.607. The smallest absolute Gasteiger partial charge is 0.411 e. The van der Waals surface area contributed by atoms with Gasteiger partial charge < -0.3 is 14.7 Å². The van der Waals surface area contributed by atoms with Crippen LogP contribution < -0.4 is 0 Å². The summed E-state index contributed by atoms with van der Waals surface area (Å²) >= 11 is 3.48. The number of rotatable bonds is 6. The fourth-order valence-electron chi connectivity index (χ4n) is 4.08. The molecule has 1 aliphatic heterocycles. The molecule has 7 heteroatoms. The first-order valence-electron chi connectivity index (χ1n) is 11.3. The lowest BCUT2D eigenvalue weighted by molar-refractivity contribution is -0.149. The second-order valence-electron chi connectivity index (χ2n) is 9.67. The Bertz CT molecular complexity index is 960. The van der Waals surface area contributed by atoms with E-state index in [9.17, 15) is 14.7 Å². The predicted octanol–water partition coefficient (Wildman–Crippen LogP) is 4.64.